The second-order valence-corrected chi connectivity index (χ2v) is 5.21. The Morgan fingerprint density at radius 1 is 0.722 bits per heavy atom. The molecule has 0 aromatic rings. The third-order valence-electron chi connectivity index (χ3n) is 3.43. The molecule has 0 aliphatic carbocycles. The van der Waals surface area contributed by atoms with E-state index in [0.29, 0.717) is 0 Å². The van der Waals surface area contributed by atoms with E-state index in [2.05, 4.69) is 20.8 Å². The van der Waals surface area contributed by atoms with E-state index < -0.39 is 0 Å². The summed E-state index contributed by atoms with van der Waals surface area (Å²) in [5.74, 6) is 0.782. The molecule has 0 spiro atoms. The van der Waals surface area contributed by atoms with E-state index >= 15 is 0 Å². The van der Waals surface area contributed by atoms with E-state index in [1.807, 2.05) is 0 Å². The molecule has 4 N–H and O–H groups in total. The van der Waals surface area contributed by atoms with Gasteiger partial charge in [0.25, 0.3) is 0 Å². The van der Waals surface area contributed by atoms with Crippen molar-refractivity contribution in [2.75, 3.05) is 13.1 Å². The van der Waals surface area contributed by atoms with Gasteiger partial charge in [-0.3, -0.25) is 0 Å². The smallest absolute Gasteiger partial charge is 0.00490 e. The van der Waals surface area contributed by atoms with Crippen molar-refractivity contribution in [2.45, 2.75) is 85.0 Å². The van der Waals surface area contributed by atoms with Crippen LogP contribution in [-0.4, -0.2) is 13.1 Å². The fraction of sp³-hybridized carbons (Fsp3) is 1.00. The third-order valence-corrected chi connectivity index (χ3v) is 3.43. The molecule has 0 radical (unpaired) electrons. The van der Waals surface area contributed by atoms with Gasteiger partial charge >= 0.3 is 0 Å². The number of rotatable bonds is 11. The van der Waals surface area contributed by atoms with Crippen molar-refractivity contribution < 1.29 is 0 Å². The predicted octanol–water partition coefficient (Wildman–Crippen LogP) is 4.47. The Bertz CT molecular complexity index is 116. The molecular formula is C16H38N2. The van der Waals surface area contributed by atoms with Crippen LogP contribution in [0.1, 0.15) is 85.0 Å². The Kier molecular flexibility index (Phi) is 21.7. The fourth-order valence-electron chi connectivity index (χ4n) is 1.91. The van der Waals surface area contributed by atoms with E-state index in [0.717, 1.165) is 19.0 Å². The highest BCUT2D eigenvalue weighted by atomic mass is 14.5. The number of nitrogens with two attached hydrogens (primary N) is 2. The summed E-state index contributed by atoms with van der Waals surface area (Å²) in [4.78, 5) is 0. The van der Waals surface area contributed by atoms with E-state index in [4.69, 9.17) is 11.5 Å². The molecular weight excluding hydrogens is 220 g/mol. The second kappa shape index (κ2) is 19.3. The molecule has 2 heteroatoms. The normalized spacial score (nSPS) is 11.8. The average molecular weight is 258 g/mol. The quantitative estimate of drug-likeness (QED) is 0.537. The summed E-state index contributed by atoms with van der Waals surface area (Å²) < 4.78 is 0. The van der Waals surface area contributed by atoms with Gasteiger partial charge in [0.1, 0.15) is 0 Å². The lowest BCUT2D eigenvalue weighted by Gasteiger charge is -2.09. The molecule has 0 fully saturated rings. The highest BCUT2D eigenvalue weighted by Gasteiger charge is 2.00. The van der Waals surface area contributed by atoms with Crippen LogP contribution in [-0.2, 0) is 0 Å². The summed E-state index contributed by atoms with van der Waals surface area (Å²) >= 11 is 0. The van der Waals surface area contributed by atoms with Gasteiger partial charge in [-0.05, 0) is 31.8 Å². The number of hydrogen-bond donors (Lipinski definition) is 2. The first-order chi connectivity index (χ1) is 8.76. The summed E-state index contributed by atoms with van der Waals surface area (Å²) in [7, 11) is 0. The molecule has 18 heavy (non-hydrogen) atoms. The first-order valence-electron chi connectivity index (χ1n) is 8.16. The largest absolute Gasteiger partial charge is 0.330 e. The fourth-order valence-corrected chi connectivity index (χ4v) is 1.91. The molecule has 0 saturated heterocycles. The number of hydrogen-bond acceptors (Lipinski definition) is 2. The lowest BCUT2D eigenvalue weighted by atomic mass is 10.00. The zero-order valence-corrected chi connectivity index (χ0v) is 13.2. The monoisotopic (exact) mass is 258 g/mol. The average Bonchev–Trinajstić information content (AvgIpc) is 2.41. The van der Waals surface area contributed by atoms with Crippen LogP contribution in [0.2, 0.25) is 0 Å². The van der Waals surface area contributed by atoms with Gasteiger partial charge in [0, 0.05) is 0 Å². The topological polar surface area (TPSA) is 52.0 Å². The standard InChI is InChI=1S/2C8H19N/c1-3-5-6-8(4-2)7-9;1-2-3-4-5-6-7-8-9/h8H,3-7,9H2,1-2H3;2-9H2,1H3. The number of unbranched alkanes of at least 4 members (excludes halogenated alkanes) is 6. The Morgan fingerprint density at radius 3 is 1.72 bits per heavy atom. The summed E-state index contributed by atoms with van der Waals surface area (Å²) in [6.45, 7) is 8.42. The zero-order chi connectivity index (χ0) is 14.1. The van der Waals surface area contributed by atoms with Gasteiger partial charge in [-0.25, -0.2) is 0 Å². The molecule has 0 heterocycles. The van der Waals surface area contributed by atoms with Gasteiger partial charge in [0.05, 0.1) is 0 Å². The van der Waals surface area contributed by atoms with Crippen molar-refractivity contribution in [3.05, 3.63) is 0 Å². The minimum Gasteiger partial charge on any atom is -0.330 e. The minimum absolute atomic E-state index is 0.782. The summed E-state index contributed by atoms with van der Waals surface area (Å²) in [6, 6.07) is 0. The molecule has 0 aromatic heterocycles. The van der Waals surface area contributed by atoms with E-state index in [-0.39, 0.29) is 0 Å². The molecule has 0 rings (SSSR count). The van der Waals surface area contributed by atoms with Gasteiger partial charge in [-0.15, -0.1) is 0 Å². The van der Waals surface area contributed by atoms with Crippen molar-refractivity contribution in [2.24, 2.45) is 17.4 Å². The van der Waals surface area contributed by atoms with Gasteiger partial charge in [-0.2, -0.15) is 0 Å². The minimum atomic E-state index is 0.782. The van der Waals surface area contributed by atoms with Crippen LogP contribution >= 0.6 is 0 Å². The molecule has 112 valence electrons. The molecule has 1 unspecified atom stereocenters. The molecule has 0 aliphatic rings. The highest BCUT2D eigenvalue weighted by Crippen LogP contribution is 2.09. The summed E-state index contributed by atoms with van der Waals surface area (Å²) in [5.41, 5.74) is 10.9. The van der Waals surface area contributed by atoms with Crippen molar-refractivity contribution in [1.82, 2.24) is 0 Å². The lowest BCUT2D eigenvalue weighted by Crippen LogP contribution is -2.12. The first-order valence-corrected chi connectivity index (χ1v) is 8.16. The maximum Gasteiger partial charge on any atom is -0.00490 e. The van der Waals surface area contributed by atoms with Gasteiger partial charge in [0.15, 0.2) is 0 Å². The van der Waals surface area contributed by atoms with Crippen LogP contribution in [0.4, 0.5) is 0 Å². The van der Waals surface area contributed by atoms with Gasteiger partial charge in [0.2, 0.25) is 0 Å². The van der Waals surface area contributed by atoms with Crippen molar-refractivity contribution >= 4 is 0 Å². The SMILES string of the molecule is CCCCC(CC)CN.CCCCCCCCN. The van der Waals surface area contributed by atoms with Crippen LogP contribution in [0.15, 0.2) is 0 Å². The molecule has 1 atom stereocenters. The molecule has 0 saturated carbocycles. The van der Waals surface area contributed by atoms with Crippen molar-refractivity contribution in [3.8, 4) is 0 Å². The molecule has 0 aliphatic heterocycles. The van der Waals surface area contributed by atoms with E-state index in [1.165, 1.54) is 64.2 Å². The Morgan fingerprint density at radius 2 is 1.28 bits per heavy atom. The van der Waals surface area contributed by atoms with Crippen molar-refractivity contribution in [3.63, 3.8) is 0 Å². The Labute approximate surface area is 116 Å². The van der Waals surface area contributed by atoms with Crippen LogP contribution in [0.5, 0.6) is 0 Å². The molecule has 0 aromatic carbocycles. The lowest BCUT2D eigenvalue weighted by molar-refractivity contribution is 0.461. The van der Waals surface area contributed by atoms with Gasteiger partial charge in [-0.1, -0.05) is 72.1 Å². The zero-order valence-electron chi connectivity index (χ0n) is 13.2. The third kappa shape index (κ3) is 18.3. The predicted molar refractivity (Wildman–Crippen MR) is 84.8 cm³/mol. The summed E-state index contributed by atoms with van der Waals surface area (Å²) in [5, 5.41) is 0. The highest BCUT2D eigenvalue weighted by molar-refractivity contribution is 4.56. The van der Waals surface area contributed by atoms with Crippen LogP contribution in [0.3, 0.4) is 0 Å². The molecule has 0 bridgehead atoms. The van der Waals surface area contributed by atoms with Crippen LogP contribution in [0, 0.1) is 5.92 Å². The van der Waals surface area contributed by atoms with Crippen LogP contribution in [0.25, 0.3) is 0 Å². The Hall–Kier alpha value is -0.0800. The van der Waals surface area contributed by atoms with Crippen LogP contribution < -0.4 is 11.5 Å². The maximum atomic E-state index is 5.52. The first kappa shape index (κ1) is 20.2. The van der Waals surface area contributed by atoms with Gasteiger partial charge < -0.3 is 11.5 Å². The van der Waals surface area contributed by atoms with E-state index in [1.54, 1.807) is 0 Å². The van der Waals surface area contributed by atoms with E-state index in [9.17, 15) is 0 Å². The maximum absolute atomic E-state index is 5.52. The van der Waals surface area contributed by atoms with Crippen molar-refractivity contribution in [1.29, 1.82) is 0 Å². The second-order valence-electron chi connectivity index (χ2n) is 5.21. The molecule has 0 amide bonds. The summed E-state index contributed by atoms with van der Waals surface area (Å²) in [6.07, 6.45) is 13.3. The molecule has 2 nitrogen and oxygen atoms in total. The Balaban J connectivity index is 0.